The standard InChI is InChI=1S/C10H3Br2ClF8O4S.C10H4Br2F8O2.CHCl3/c11-7(14,15)9(18,19)24-4-1-2-6(26(13,22)23)5(3-4)25-10(20,21)8(12,16)17;11-7(13,14)9(17,18)21-5-2-1-3-6(4-5)22-10(19,20)8(12,15)16;2-1(3)4/h1-3H;1-4H;1H. The third kappa shape index (κ3) is 16.3. The van der Waals surface area contributed by atoms with Gasteiger partial charge < -0.3 is 18.9 Å². The molecule has 0 aromatic heterocycles. The Bertz CT molecular complexity index is 1550. The number of rotatable bonds is 13. The van der Waals surface area contributed by atoms with E-state index in [2.05, 4.69) is 18.9 Å². The van der Waals surface area contributed by atoms with Crippen molar-refractivity contribution in [3.63, 3.8) is 0 Å². The van der Waals surface area contributed by atoms with E-state index in [1.165, 1.54) is 63.7 Å². The number of benzene rings is 2. The highest BCUT2D eigenvalue weighted by atomic mass is 79.9. The molecule has 2 aromatic carbocycles. The van der Waals surface area contributed by atoms with Crippen LogP contribution in [0.3, 0.4) is 0 Å². The Morgan fingerprint density at radius 1 is 0.500 bits per heavy atom. The Labute approximate surface area is 332 Å². The summed E-state index contributed by atoms with van der Waals surface area (Å²) in [5.74, 6) is -4.98. The molecule has 0 atom stereocenters. The second-order valence-electron chi connectivity index (χ2n) is 8.24. The van der Waals surface area contributed by atoms with Crippen LogP contribution in [0.4, 0.5) is 70.2 Å². The maximum absolute atomic E-state index is 13.3. The van der Waals surface area contributed by atoms with Crippen LogP contribution in [0, 0.1) is 0 Å². The Kier molecular flexibility index (Phi) is 18.1. The van der Waals surface area contributed by atoms with Crippen molar-refractivity contribution in [3.05, 3.63) is 42.5 Å². The molecule has 0 aliphatic heterocycles. The van der Waals surface area contributed by atoms with Crippen molar-refractivity contribution in [2.45, 2.75) is 53.0 Å². The Hall–Kier alpha value is -0.450. The van der Waals surface area contributed by atoms with E-state index in [-0.39, 0.29) is 12.1 Å². The second-order valence-corrected chi connectivity index (χ2v) is 16.7. The van der Waals surface area contributed by atoms with Crippen molar-refractivity contribution in [1.29, 1.82) is 0 Å². The second kappa shape index (κ2) is 18.2. The molecule has 0 aliphatic carbocycles. The Morgan fingerprint density at radius 3 is 1.04 bits per heavy atom. The smallest absolute Gasteiger partial charge is 0.427 e. The molecule has 0 amide bonds. The van der Waals surface area contributed by atoms with Gasteiger partial charge in [-0.25, -0.2) is 8.42 Å². The normalized spacial score (nSPS) is 13.7. The van der Waals surface area contributed by atoms with Crippen LogP contribution < -0.4 is 18.9 Å². The summed E-state index contributed by atoms with van der Waals surface area (Å²) in [4.78, 5) is -20.8. The van der Waals surface area contributed by atoms with Gasteiger partial charge in [-0.1, -0.05) is 40.9 Å². The summed E-state index contributed by atoms with van der Waals surface area (Å²) < 4.78 is 242. The molecular formula is C21H8Br4Cl4F16O6S. The molecule has 2 aromatic rings. The van der Waals surface area contributed by atoms with E-state index in [4.69, 9.17) is 45.5 Å². The molecule has 0 radical (unpaired) electrons. The van der Waals surface area contributed by atoms with Gasteiger partial charge in [-0.15, -0.1) is 0 Å². The zero-order valence-electron chi connectivity index (χ0n) is 23.0. The third-order valence-electron chi connectivity index (χ3n) is 4.28. The van der Waals surface area contributed by atoms with Crippen molar-refractivity contribution in [2.24, 2.45) is 0 Å². The molecule has 0 aliphatic rings. The highest BCUT2D eigenvalue weighted by Gasteiger charge is 2.60. The lowest BCUT2D eigenvalue weighted by atomic mass is 10.3. The monoisotopic (exact) mass is 1150 g/mol. The van der Waals surface area contributed by atoms with Gasteiger partial charge >= 0.3 is 43.8 Å². The first-order valence-electron chi connectivity index (χ1n) is 11.3. The van der Waals surface area contributed by atoms with E-state index in [1.807, 2.05) is 0 Å². The number of hydrogen-bond acceptors (Lipinski definition) is 6. The first kappa shape index (κ1) is 51.5. The van der Waals surface area contributed by atoms with Gasteiger partial charge in [0.15, 0.2) is 4.30 Å². The van der Waals surface area contributed by atoms with Gasteiger partial charge in [0.05, 0.1) is 0 Å². The fourth-order valence-corrected chi connectivity index (χ4v) is 3.53. The highest BCUT2D eigenvalue weighted by Crippen LogP contribution is 2.46. The van der Waals surface area contributed by atoms with Gasteiger partial charge in [0, 0.05) is 86.5 Å². The molecule has 0 bridgehead atoms. The van der Waals surface area contributed by atoms with Gasteiger partial charge in [-0.05, 0) is 24.3 Å². The number of ether oxygens (including phenoxy) is 4. The molecule has 31 heteroatoms. The molecule has 0 spiro atoms. The first-order chi connectivity index (χ1) is 22.7. The van der Waals surface area contributed by atoms with E-state index in [0.717, 1.165) is 6.07 Å². The van der Waals surface area contributed by atoms with Crippen molar-refractivity contribution in [2.75, 3.05) is 0 Å². The van der Waals surface area contributed by atoms with Gasteiger partial charge in [0.25, 0.3) is 9.05 Å². The van der Waals surface area contributed by atoms with E-state index < -0.39 is 85.0 Å². The molecule has 0 heterocycles. The summed E-state index contributed by atoms with van der Waals surface area (Å²) in [6, 6.07) is 3.06. The van der Waals surface area contributed by atoms with E-state index >= 15 is 0 Å². The van der Waals surface area contributed by atoms with E-state index in [0.29, 0.717) is 24.3 Å². The molecule has 0 saturated carbocycles. The maximum Gasteiger partial charge on any atom is 0.475 e. The predicted molar refractivity (Wildman–Crippen MR) is 165 cm³/mol. The fourth-order valence-electron chi connectivity index (χ4n) is 2.25. The molecule has 6 nitrogen and oxygen atoms in total. The van der Waals surface area contributed by atoms with Crippen LogP contribution in [0.5, 0.6) is 23.0 Å². The highest BCUT2D eigenvalue weighted by molar-refractivity contribution is 9.10. The lowest BCUT2D eigenvalue weighted by Gasteiger charge is -2.24. The first-order valence-corrected chi connectivity index (χ1v) is 18.1. The SMILES string of the molecule is ClC(Cl)Cl.FC(F)(Br)C(F)(F)Oc1cccc(OC(F)(F)C(F)(F)Br)c1.O=S(=O)(Cl)c1ccc(OC(F)(F)C(F)(F)Br)cc1OC(F)(F)C(F)(F)Br. The average Bonchev–Trinajstić information content (AvgIpc) is 2.84. The zero-order valence-corrected chi connectivity index (χ0v) is 33.2. The maximum atomic E-state index is 13.3. The minimum Gasteiger partial charge on any atom is -0.427 e. The quantitative estimate of drug-likeness (QED) is 0.113. The van der Waals surface area contributed by atoms with Crippen LogP contribution in [-0.4, -0.2) is 56.5 Å². The van der Waals surface area contributed by atoms with Crippen LogP contribution in [0.15, 0.2) is 47.4 Å². The fraction of sp³-hybridized carbons (Fsp3) is 0.429. The van der Waals surface area contributed by atoms with Gasteiger partial charge in [-0.3, -0.25) is 0 Å². The molecule has 0 saturated heterocycles. The van der Waals surface area contributed by atoms with Crippen LogP contribution in [0.1, 0.15) is 0 Å². The summed E-state index contributed by atoms with van der Waals surface area (Å²) in [5.41, 5.74) is 0. The largest absolute Gasteiger partial charge is 0.475 e. The van der Waals surface area contributed by atoms with Crippen molar-refractivity contribution >= 4 is 118 Å². The summed E-state index contributed by atoms with van der Waals surface area (Å²) in [6.07, 6.45) is -20.7. The summed E-state index contributed by atoms with van der Waals surface area (Å²) in [6.45, 7) is 0. The molecule has 0 fully saturated rings. The molecule has 2 rings (SSSR count). The third-order valence-corrected chi connectivity index (χ3v) is 7.49. The minimum atomic E-state index is -5.39. The molecule has 302 valence electrons. The van der Waals surface area contributed by atoms with Crippen LogP contribution >= 0.6 is 109 Å². The zero-order chi connectivity index (χ0) is 41.7. The van der Waals surface area contributed by atoms with Gasteiger partial charge in [-0.2, -0.15) is 70.2 Å². The van der Waals surface area contributed by atoms with Crippen LogP contribution in [-0.2, 0) is 9.05 Å². The Morgan fingerprint density at radius 2 is 0.769 bits per heavy atom. The van der Waals surface area contributed by atoms with Crippen LogP contribution in [0.25, 0.3) is 0 Å². The molecule has 52 heavy (non-hydrogen) atoms. The number of alkyl halides is 23. The summed E-state index contributed by atoms with van der Waals surface area (Å²) in [5, 5.41) is 0. The van der Waals surface area contributed by atoms with Gasteiger partial charge in [0.2, 0.25) is 0 Å². The van der Waals surface area contributed by atoms with E-state index in [9.17, 15) is 78.7 Å². The van der Waals surface area contributed by atoms with Crippen molar-refractivity contribution in [3.8, 4) is 23.0 Å². The Balaban J connectivity index is 0.000000916. The van der Waals surface area contributed by atoms with Crippen LogP contribution in [0.2, 0.25) is 0 Å². The summed E-state index contributed by atoms with van der Waals surface area (Å²) in [7, 11) is 0.00951. The van der Waals surface area contributed by atoms with Gasteiger partial charge in [0.1, 0.15) is 27.9 Å². The average molecular weight is 1150 g/mol. The van der Waals surface area contributed by atoms with E-state index in [1.54, 1.807) is 0 Å². The summed E-state index contributed by atoms with van der Waals surface area (Å²) >= 11 is 19.8. The minimum absolute atomic E-state index is 0.0609. The number of halogens is 24. The topological polar surface area (TPSA) is 71.1 Å². The lowest BCUT2D eigenvalue weighted by molar-refractivity contribution is -0.269. The molecular weight excluding hydrogens is 1150 g/mol. The molecule has 0 unspecified atom stereocenters. The molecule has 0 N–H and O–H groups in total. The predicted octanol–water partition coefficient (Wildman–Crippen LogP) is 13.1. The van der Waals surface area contributed by atoms with Crippen molar-refractivity contribution in [1.82, 2.24) is 0 Å². The lowest BCUT2D eigenvalue weighted by Crippen LogP contribution is -2.41. The number of hydrogen-bond donors (Lipinski definition) is 0. The van der Waals surface area contributed by atoms with Crippen molar-refractivity contribution < 1.29 is 97.6 Å².